The summed E-state index contributed by atoms with van der Waals surface area (Å²) in [6.07, 6.45) is -3.29. The monoisotopic (exact) mass is 401 g/mol. The molecule has 0 radical (unpaired) electrons. The molecule has 0 saturated heterocycles. The van der Waals surface area contributed by atoms with Gasteiger partial charge in [-0.1, -0.05) is 12.1 Å². The summed E-state index contributed by atoms with van der Waals surface area (Å²) in [5.41, 5.74) is -1.12. The van der Waals surface area contributed by atoms with Gasteiger partial charge in [0.15, 0.2) is 9.84 Å². The Labute approximate surface area is 152 Å². The zero-order chi connectivity index (χ0) is 20.4. The van der Waals surface area contributed by atoms with Crippen LogP contribution in [0.4, 0.5) is 22.0 Å². The molecule has 0 spiro atoms. The maximum absolute atomic E-state index is 13.9. The van der Waals surface area contributed by atoms with E-state index in [1.54, 1.807) is 0 Å². The quantitative estimate of drug-likeness (QED) is 0.561. The van der Waals surface area contributed by atoms with Gasteiger partial charge in [0.05, 0.1) is 5.56 Å². The lowest BCUT2D eigenvalue weighted by Crippen LogP contribution is -2.09. The van der Waals surface area contributed by atoms with E-state index in [9.17, 15) is 30.4 Å². The maximum Gasteiger partial charge on any atom is 0.419 e. The number of hydrogen-bond acceptors (Lipinski definition) is 3. The number of allylic oxidation sites excluding steroid dienone is 1. The third-order valence-electron chi connectivity index (χ3n) is 3.60. The van der Waals surface area contributed by atoms with Crippen LogP contribution >= 0.6 is 0 Å². The van der Waals surface area contributed by atoms with E-state index in [2.05, 4.69) is 0 Å². The maximum atomic E-state index is 13.9. The number of alkyl halides is 3. The molecule has 142 valence electrons. The van der Waals surface area contributed by atoms with Crippen LogP contribution in [0.5, 0.6) is 0 Å². The van der Waals surface area contributed by atoms with Crippen LogP contribution in [0.15, 0.2) is 41.3 Å². The highest BCUT2D eigenvalue weighted by molar-refractivity contribution is 7.95. The smallest absolute Gasteiger partial charge is 0.223 e. The van der Waals surface area contributed by atoms with Gasteiger partial charge in [-0.3, -0.25) is 0 Å². The topological polar surface area (TPSA) is 57.9 Å². The fourth-order valence-electron chi connectivity index (χ4n) is 2.31. The van der Waals surface area contributed by atoms with Gasteiger partial charge < -0.3 is 0 Å². The van der Waals surface area contributed by atoms with E-state index in [4.69, 9.17) is 5.26 Å². The number of halogens is 5. The molecule has 2 aromatic rings. The number of benzene rings is 2. The van der Waals surface area contributed by atoms with Gasteiger partial charge in [-0.25, -0.2) is 17.2 Å². The van der Waals surface area contributed by atoms with Crippen LogP contribution in [0, 0.1) is 23.0 Å². The lowest BCUT2D eigenvalue weighted by atomic mass is 10.00. The van der Waals surface area contributed by atoms with Crippen molar-refractivity contribution < 1.29 is 30.4 Å². The average Bonchev–Trinajstić information content (AvgIpc) is 2.54. The van der Waals surface area contributed by atoms with Gasteiger partial charge in [0, 0.05) is 11.8 Å². The van der Waals surface area contributed by atoms with Gasteiger partial charge in [0.25, 0.3) is 0 Å². The van der Waals surface area contributed by atoms with Crippen molar-refractivity contribution in [1.82, 2.24) is 0 Å². The number of nitriles is 1. The molecule has 0 unspecified atom stereocenters. The molecule has 0 saturated carbocycles. The first-order chi connectivity index (χ1) is 12.4. The van der Waals surface area contributed by atoms with E-state index in [1.807, 2.05) is 0 Å². The average molecular weight is 401 g/mol. The van der Waals surface area contributed by atoms with E-state index in [0.29, 0.717) is 17.7 Å². The van der Waals surface area contributed by atoms with Crippen molar-refractivity contribution >= 4 is 15.9 Å². The van der Waals surface area contributed by atoms with Gasteiger partial charge in [0.1, 0.15) is 22.6 Å². The zero-order valence-corrected chi connectivity index (χ0v) is 14.6. The second-order valence-corrected chi connectivity index (χ2v) is 7.72. The molecule has 0 amide bonds. The summed E-state index contributed by atoms with van der Waals surface area (Å²) < 4.78 is 88.6. The molecule has 0 atom stereocenters. The second-order valence-electron chi connectivity index (χ2n) is 5.74. The Morgan fingerprint density at radius 2 is 1.63 bits per heavy atom. The molecule has 3 nitrogen and oxygen atoms in total. The molecular formula is C18H12F5NO2S. The van der Waals surface area contributed by atoms with Crippen molar-refractivity contribution in [3.05, 3.63) is 75.2 Å². The highest BCUT2D eigenvalue weighted by Gasteiger charge is 2.34. The highest BCUT2D eigenvalue weighted by atomic mass is 32.2. The summed E-state index contributed by atoms with van der Waals surface area (Å²) in [4.78, 5) is -0.653. The first kappa shape index (κ1) is 20.6. The van der Waals surface area contributed by atoms with Crippen molar-refractivity contribution in [2.24, 2.45) is 0 Å². The molecule has 27 heavy (non-hydrogen) atoms. The number of rotatable bonds is 4. The van der Waals surface area contributed by atoms with Gasteiger partial charge in [0.2, 0.25) is 0 Å². The zero-order valence-electron chi connectivity index (χ0n) is 13.8. The summed E-state index contributed by atoms with van der Waals surface area (Å²) in [6, 6.07) is 7.50. The molecule has 2 aromatic carbocycles. The largest absolute Gasteiger partial charge is 0.419 e. The van der Waals surface area contributed by atoms with Crippen molar-refractivity contribution in [2.75, 3.05) is 6.26 Å². The van der Waals surface area contributed by atoms with E-state index in [1.165, 1.54) is 24.3 Å². The third kappa shape index (κ3) is 5.14. The van der Waals surface area contributed by atoms with Crippen molar-refractivity contribution in [3.8, 4) is 6.07 Å². The predicted octanol–water partition coefficient (Wildman–Crippen LogP) is 4.48. The van der Waals surface area contributed by atoms with Crippen molar-refractivity contribution in [3.63, 3.8) is 0 Å². The molecule has 2 rings (SSSR count). The SMILES string of the molecule is CS(=O)(=O)/C(C#N)=C/c1cc(Cc2ccc(F)c(C(F)(F)F)c2)ccc1F. The van der Waals surface area contributed by atoms with E-state index >= 15 is 0 Å². The lowest BCUT2D eigenvalue weighted by molar-refractivity contribution is -0.140. The molecular weight excluding hydrogens is 389 g/mol. The van der Waals surface area contributed by atoms with Crippen LogP contribution in [-0.2, 0) is 22.4 Å². The van der Waals surface area contributed by atoms with E-state index in [-0.39, 0.29) is 17.5 Å². The predicted molar refractivity (Wildman–Crippen MR) is 89.0 cm³/mol. The van der Waals surface area contributed by atoms with Crippen LogP contribution in [0.2, 0.25) is 0 Å². The normalized spacial score (nSPS) is 12.7. The van der Waals surface area contributed by atoms with Crippen LogP contribution in [0.3, 0.4) is 0 Å². The van der Waals surface area contributed by atoms with E-state index < -0.39 is 38.1 Å². The van der Waals surface area contributed by atoms with Crippen LogP contribution in [0.25, 0.3) is 6.08 Å². The fourth-order valence-corrected chi connectivity index (χ4v) is 2.82. The minimum Gasteiger partial charge on any atom is -0.223 e. The number of hydrogen-bond donors (Lipinski definition) is 0. The molecule has 0 aliphatic rings. The van der Waals surface area contributed by atoms with Gasteiger partial charge in [-0.2, -0.15) is 18.4 Å². The highest BCUT2D eigenvalue weighted by Crippen LogP contribution is 2.32. The molecule has 0 fully saturated rings. The van der Waals surface area contributed by atoms with Gasteiger partial charge >= 0.3 is 6.18 Å². The Morgan fingerprint density at radius 1 is 1.07 bits per heavy atom. The van der Waals surface area contributed by atoms with Crippen LogP contribution in [-0.4, -0.2) is 14.7 Å². The second kappa shape index (κ2) is 7.48. The minimum atomic E-state index is -4.85. The summed E-state index contributed by atoms with van der Waals surface area (Å²) in [7, 11) is -3.86. The first-order valence-electron chi connectivity index (χ1n) is 7.37. The van der Waals surface area contributed by atoms with Gasteiger partial charge in [-0.05, 0) is 47.9 Å². The molecule has 0 aliphatic carbocycles. The van der Waals surface area contributed by atoms with E-state index in [0.717, 1.165) is 18.4 Å². The van der Waals surface area contributed by atoms with Crippen molar-refractivity contribution in [1.29, 1.82) is 5.26 Å². The standard InChI is InChI=1S/C18H12F5NO2S/c1-27(25,26)14(10-24)9-13-7-11(2-4-16(13)19)6-12-3-5-17(20)15(8-12)18(21,22)23/h2-5,7-9H,6H2,1H3/b14-9+. The molecule has 9 heteroatoms. The molecule has 0 N–H and O–H groups in total. The Bertz CT molecular complexity index is 1050. The Morgan fingerprint density at radius 3 is 2.15 bits per heavy atom. The van der Waals surface area contributed by atoms with Crippen LogP contribution < -0.4 is 0 Å². The summed E-state index contributed by atoms with van der Waals surface area (Å²) in [5, 5.41) is 8.89. The molecule has 0 aliphatic heterocycles. The van der Waals surface area contributed by atoms with Gasteiger partial charge in [-0.15, -0.1) is 0 Å². The Balaban J connectivity index is 2.43. The number of nitrogens with zero attached hydrogens (tertiary/aromatic N) is 1. The van der Waals surface area contributed by atoms with Crippen molar-refractivity contribution in [2.45, 2.75) is 12.6 Å². The summed E-state index contributed by atoms with van der Waals surface area (Å²) >= 11 is 0. The molecule has 0 bridgehead atoms. The molecule has 0 aromatic heterocycles. The Kier molecular flexibility index (Phi) is 5.70. The van der Waals surface area contributed by atoms with Crippen LogP contribution in [0.1, 0.15) is 22.3 Å². The minimum absolute atomic E-state index is 0.0781. The fraction of sp³-hybridized carbons (Fsp3) is 0.167. The third-order valence-corrected chi connectivity index (χ3v) is 4.61. The molecule has 0 heterocycles. The first-order valence-corrected chi connectivity index (χ1v) is 9.27. The summed E-state index contributed by atoms with van der Waals surface area (Å²) in [6.45, 7) is 0. The lowest BCUT2D eigenvalue weighted by Gasteiger charge is -2.11. The number of sulfone groups is 1. The Hall–Kier alpha value is -2.73. The summed E-state index contributed by atoms with van der Waals surface area (Å²) in [5.74, 6) is -2.20.